The Morgan fingerprint density at radius 2 is 2.18 bits per heavy atom. The lowest BCUT2D eigenvalue weighted by atomic mass is 9.97. The van der Waals surface area contributed by atoms with Crippen LogP contribution in [0.15, 0.2) is 30.5 Å². The largest absolute Gasteiger partial charge is 0.497 e. The fourth-order valence-electron chi connectivity index (χ4n) is 2.32. The van der Waals surface area contributed by atoms with Crippen molar-refractivity contribution in [2.45, 2.75) is 18.3 Å². The lowest BCUT2D eigenvalue weighted by Crippen LogP contribution is -2.14. The molecule has 0 bridgehead atoms. The maximum absolute atomic E-state index is 9.52. The zero-order valence-electron chi connectivity index (χ0n) is 9.81. The highest BCUT2D eigenvalue weighted by atomic mass is 16.5. The van der Waals surface area contributed by atoms with Crippen LogP contribution < -0.4 is 4.74 Å². The maximum atomic E-state index is 9.52. The lowest BCUT2D eigenvalue weighted by molar-refractivity contribution is 0.253. The number of methoxy groups -OCH3 is 1. The second-order valence-corrected chi connectivity index (χ2v) is 4.69. The summed E-state index contributed by atoms with van der Waals surface area (Å²) >= 11 is 0. The average Bonchev–Trinajstić information content (AvgIpc) is 3.18. The van der Waals surface area contributed by atoms with Gasteiger partial charge in [0.25, 0.3) is 0 Å². The van der Waals surface area contributed by atoms with Crippen molar-refractivity contribution >= 4 is 10.8 Å². The third-order valence-electron chi connectivity index (χ3n) is 3.63. The van der Waals surface area contributed by atoms with E-state index < -0.39 is 0 Å². The molecule has 3 rings (SSSR count). The Morgan fingerprint density at radius 3 is 2.82 bits per heavy atom. The Morgan fingerprint density at radius 1 is 1.35 bits per heavy atom. The average molecular weight is 229 g/mol. The van der Waals surface area contributed by atoms with Crippen LogP contribution in [0.5, 0.6) is 5.75 Å². The summed E-state index contributed by atoms with van der Waals surface area (Å²) in [6, 6.07) is 7.98. The van der Waals surface area contributed by atoms with Gasteiger partial charge in [-0.1, -0.05) is 6.07 Å². The predicted molar refractivity (Wildman–Crippen MR) is 66.3 cm³/mol. The first kappa shape index (κ1) is 10.5. The van der Waals surface area contributed by atoms with Crippen LogP contribution in [0, 0.1) is 0 Å². The quantitative estimate of drug-likeness (QED) is 0.877. The van der Waals surface area contributed by atoms with Crippen LogP contribution >= 0.6 is 0 Å². The maximum Gasteiger partial charge on any atom is 0.119 e. The molecule has 17 heavy (non-hydrogen) atoms. The number of nitrogens with zero attached hydrogens (tertiary/aromatic N) is 1. The topological polar surface area (TPSA) is 42.4 Å². The molecule has 0 spiro atoms. The number of hydrogen-bond donors (Lipinski definition) is 1. The molecule has 1 aliphatic carbocycles. The highest BCUT2D eigenvalue weighted by Gasteiger charge is 2.46. The summed E-state index contributed by atoms with van der Waals surface area (Å²) in [5, 5.41) is 11.8. The van der Waals surface area contributed by atoms with E-state index in [2.05, 4.69) is 4.98 Å². The van der Waals surface area contributed by atoms with E-state index in [1.807, 2.05) is 30.5 Å². The second-order valence-electron chi connectivity index (χ2n) is 4.69. The fraction of sp³-hybridized carbons (Fsp3) is 0.357. The molecule has 0 unspecified atom stereocenters. The van der Waals surface area contributed by atoms with E-state index in [9.17, 15) is 5.11 Å². The molecule has 1 N–H and O–H groups in total. The normalized spacial score (nSPS) is 17.1. The molecule has 0 atom stereocenters. The summed E-state index contributed by atoms with van der Waals surface area (Å²) < 4.78 is 5.25. The van der Waals surface area contributed by atoms with Crippen molar-refractivity contribution in [2.75, 3.05) is 13.7 Å². The fourth-order valence-corrected chi connectivity index (χ4v) is 2.32. The first-order chi connectivity index (χ1) is 8.29. The van der Waals surface area contributed by atoms with Crippen molar-refractivity contribution in [3.8, 4) is 5.75 Å². The minimum atomic E-state index is -0.105. The van der Waals surface area contributed by atoms with E-state index in [4.69, 9.17) is 4.74 Å². The van der Waals surface area contributed by atoms with Gasteiger partial charge >= 0.3 is 0 Å². The van der Waals surface area contributed by atoms with Gasteiger partial charge in [0.2, 0.25) is 0 Å². The summed E-state index contributed by atoms with van der Waals surface area (Å²) in [5.41, 5.74) is 0.905. The Balaban J connectivity index is 2.23. The molecule has 1 aromatic carbocycles. The van der Waals surface area contributed by atoms with Gasteiger partial charge in [-0.2, -0.15) is 0 Å². The summed E-state index contributed by atoms with van der Waals surface area (Å²) in [5.74, 6) is 0.834. The molecule has 1 aromatic heterocycles. The first-order valence-corrected chi connectivity index (χ1v) is 5.83. The Kier molecular flexibility index (Phi) is 2.30. The van der Waals surface area contributed by atoms with Crippen LogP contribution in [0.25, 0.3) is 10.8 Å². The van der Waals surface area contributed by atoms with E-state index in [0.29, 0.717) is 0 Å². The van der Waals surface area contributed by atoms with E-state index in [1.165, 1.54) is 0 Å². The number of fused-ring (bicyclic) bond motifs is 1. The zero-order chi connectivity index (χ0) is 11.9. The molecule has 88 valence electrons. The molecular formula is C14H15NO2. The highest BCUT2D eigenvalue weighted by Crippen LogP contribution is 2.49. The molecular weight excluding hydrogens is 214 g/mol. The first-order valence-electron chi connectivity index (χ1n) is 5.83. The summed E-state index contributed by atoms with van der Waals surface area (Å²) in [6.07, 6.45) is 3.86. The van der Waals surface area contributed by atoms with E-state index in [1.54, 1.807) is 7.11 Å². The van der Waals surface area contributed by atoms with Crippen molar-refractivity contribution in [1.82, 2.24) is 4.98 Å². The van der Waals surface area contributed by atoms with Crippen molar-refractivity contribution in [2.24, 2.45) is 0 Å². The molecule has 1 aliphatic rings. The van der Waals surface area contributed by atoms with Crippen molar-refractivity contribution in [1.29, 1.82) is 0 Å². The summed E-state index contributed by atoms with van der Waals surface area (Å²) in [7, 11) is 1.66. The van der Waals surface area contributed by atoms with Gasteiger partial charge in [-0.15, -0.1) is 0 Å². The molecule has 2 aromatic rings. The summed E-state index contributed by atoms with van der Waals surface area (Å²) in [4.78, 5) is 4.47. The van der Waals surface area contributed by atoms with Crippen LogP contribution in [0.3, 0.4) is 0 Å². The number of rotatable bonds is 3. The predicted octanol–water partition coefficient (Wildman–Crippen LogP) is 2.27. The van der Waals surface area contributed by atoms with Gasteiger partial charge in [0.15, 0.2) is 0 Å². The van der Waals surface area contributed by atoms with E-state index in [0.717, 1.165) is 35.1 Å². The number of pyridine rings is 1. The van der Waals surface area contributed by atoms with Gasteiger partial charge in [-0.25, -0.2) is 0 Å². The van der Waals surface area contributed by atoms with E-state index >= 15 is 0 Å². The molecule has 1 fully saturated rings. The molecule has 3 nitrogen and oxygen atoms in total. The van der Waals surface area contributed by atoms with Crippen molar-refractivity contribution in [3.05, 3.63) is 36.2 Å². The number of aliphatic hydroxyl groups excluding tert-OH is 1. The SMILES string of the molecule is COc1ccc2ccnc(C3(CO)CC3)c2c1. The zero-order valence-corrected chi connectivity index (χ0v) is 9.81. The lowest BCUT2D eigenvalue weighted by Gasteiger charge is -2.14. The van der Waals surface area contributed by atoms with Crippen molar-refractivity contribution in [3.63, 3.8) is 0 Å². The Hall–Kier alpha value is -1.61. The molecule has 1 heterocycles. The number of aliphatic hydroxyl groups is 1. The highest BCUT2D eigenvalue weighted by molar-refractivity contribution is 5.87. The molecule has 1 saturated carbocycles. The molecule has 3 heteroatoms. The number of aromatic nitrogens is 1. The van der Waals surface area contributed by atoms with Crippen molar-refractivity contribution < 1.29 is 9.84 Å². The monoisotopic (exact) mass is 229 g/mol. The minimum absolute atomic E-state index is 0.105. The number of benzene rings is 1. The summed E-state index contributed by atoms with van der Waals surface area (Å²) in [6.45, 7) is 0.177. The standard InChI is InChI=1S/C14H15NO2/c1-17-11-3-2-10-4-7-15-13(12(10)8-11)14(9-16)5-6-14/h2-4,7-8,16H,5-6,9H2,1H3. The van der Waals surface area contributed by atoms with Crippen LogP contribution in [0.2, 0.25) is 0 Å². The van der Waals surface area contributed by atoms with Gasteiger partial charge in [0.05, 0.1) is 19.4 Å². The van der Waals surface area contributed by atoms with Crippen LogP contribution in [0.1, 0.15) is 18.5 Å². The van der Waals surface area contributed by atoms with Gasteiger partial charge in [0, 0.05) is 17.0 Å². The van der Waals surface area contributed by atoms with Gasteiger partial charge in [-0.05, 0) is 36.4 Å². The second kappa shape index (κ2) is 3.70. The molecule has 0 aliphatic heterocycles. The van der Waals surface area contributed by atoms with Crippen LogP contribution in [-0.4, -0.2) is 23.8 Å². The van der Waals surface area contributed by atoms with Gasteiger partial charge in [0.1, 0.15) is 5.75 Å². The van der Waals surface area contributed by atoms with Gasteiger partial charge < -0.3 is 9.84 Å². The van der Waals surface area contributed by atoms with Crippen LogP contribution in [0.4, 0.5) is 0 Å². The van der Waals surface area contributed by atoms with E-state index in [-0.39, 0.29) is 12.0 Å². The molecule has 0 radical (unpaired) electrons. The number of hydrogen-bond acceptors (Lipinski definition) is 3. The third kappa shape index (κ3) is 1.58. The molecule has 0 amide bonds. The van der Waals surface area contributed by atoms with Gasteiger partial charge in [-0.3, -0.25) is 4.98 Å². The smallest absolute Gasteiger partial charge is 0.119 e. The third-order valence-corrected chi connectivity index (χ3v) is 3.63. The Bertz CT molecular complexity index is 561. The molecule has 0 saturated heterocycles. The van der Waals surface area contributed by atoms with Crippen LogP contribution in [-0.2, 0) is 5.41 Å². The number of ether oxygens (including phenoxy) is 1. The Labute approximate surface area is 100 Å². The minimum Gasteiger partial charge on any atom is -0.497 e.